The third kappa shape index (κ3) is 2.33. The van der Waals surface area contributed by atoms with E-state index in [0.29, 0.717) is 11.1 Å². The van der Waals surface area contributed by atoms with Gasteiger partial charge in [-0.15, -0.1) is 11.6 Å². The SMILES string of the molecule is Cc1ccc(Br)cc1-n1c(CCl)nc2c(C#N)cccc21. The van der Waals surface area contributed by atoms with E-state index in [1.54, 1.807) is 6.07 Å². The van der Waals surface area contributed by atoms with E-state index in [1.807, 2.05) is 41.8 Å². The van der Waals surface area contributed by atoms with Gasteiger partial charge in [-0.2, -0.15) is 5.26 Å². The summed E-state index contributed by atoms with van der Waals surface area (Å²) in [6.45, 7) is 2.04. The van der Waals surface area contributed by atoms with E-state index < -0.39 is 0 Å². The molecule has 0 bridgehead atoms. The second-order valence-electron chi connectivity index (χ2n) is 4.71. The zero-order chi connectivity index (χ0) is 15.0. The Morgan fingerprint density at radius 1 is 1.33 bits per heavy atom. The van der Waals surface area contributed by atoms with E-state index in [-0.39, 0.29) is 5.88 Å². The number of aromatic nitrogens is 2. The van der Waals surface area contributed by atoms with E-state index in [0.717, 1.165) is 27.1 Å². The predicted octanol–water partition coefficient (Wildman–Crippen LogP) is 4.71. The number of fused-ring (bicyclic) bond motifs is 1. The molecule has 1 aromatic heterocycles. The van der Waals surface area contributed by atoms with Gasteiger partial charge in [-0.05, 0) is 36.8 Å². The Kier molecular flexibility index (Phi) is 3.71. The van der Waals surface area contributed by atoms with E-state index in [1.165, 1.54) is 0 Å². The minimum absolute atomic E-state index is 0.283. The molecule has 0 saturated carbocycles. The molecule has 0 amide bonds. The normalized spacial score (nSPS) is 10.8. The summed E-state index contributed by atoms with van der Waals surface area (Å²) in [5.74, 6) is 1.02. The molecule has 3 aromatic rings. The molecular formula is C16H11BrClN3. The summed E-state index contributed by atoms with van der Waals surface area (Å²) in [4.78, 5) is 4.54. The first kappa shape index (κ1) is 14.1. The Bertz CT molecular complexity index is 877. The van der Waals surface area contributed by atoms with Gasteiger partial charge in [0.05, 0.1) is 22.6 Å². The largest absolute Gasteiger partial charge is 0.295 e. The number of nitrogens with zero attached hydrogens (tertiary/aromatic N) is 3. The lowest BCUT2D eigenvalue weighted by molar-refractivity contribution is 0.971. The number of aryl methyl sites for hydroxylation is 1. The lowest BCUT2D eigenvalue weighted by Crippen LogP contribution is -2.01. The standard InChI is InChI=1S/C16H11BrClN3/c1-10-5-6-12(17)7-14(10)21-13-4-2-3-11(9-19)16(13)20-15(21)8-18/h2-7H,8H2,1H3. The highest BCUT2D eigenvalue weighted by Crippen LogP contribution is 2.28. The molecule has 0 unspecified atom stereocenters. The number of nitriles is 1. The molecule has 0 saturated heterocycles. The maximum atomic E-state index is 9.24. The zero-order valence-corrected chi connectivity index (χ0v) is 13.6. The number of hydrogen-bond donors (Lipinski definition) is 0. The van der Waals surface area contributed by atoms with E-state index in [4.69, 9.17) is 11.6 Å². The minimum atomic E-state index is 0.283. The van der Waals surface area contributed by atoms with Gasteiger partial charge in [0, 0.05) is 4.47 Å². The van der Waals surface area contributed by atoms with Gasteiger partial charge in [0.25, 0.3) is 0 Å². The van der Waals surface area contributed by atoms with Crippen LogP contribution in [-0.2, 0) is 5.88 Å². The van der Waals surface area contributed by atoms with Crippen molar-refractivity contribution < 1.29 is 0 Å². The second kappa shape index (κ2) is 5.51. The third-order valence-corrected chi connectivity index (χ3v) is 4.14. The van der Waals surface area contributed by atoms with Crippen LogP contribution >= 0.6 is 27.5 Å². The average Bonchev–Trinajstić information content (AvgIpc) is 2.88. The van der Waals surface area contributed by atoms with Crippen LogP contribution in [0.4, 0.5) is 0 Å². The van der Waals surface area contributed by atoms with Gasteiger partial charge in [-0.3, -0.25) is 4.57 Å². The fraction of sp³-hybridized carbons (Fsp3) is 0.125. The van der Waals surface area contributed by atoms with Crippen molar-refractivity contribution in [2.24, 2.45) is 0 Å². The fourth-order valence-electron chi connectivity index (χ4n) is 2.42. The van der Waals surface area contributed by atoms with Crippen molar-refractivity contribution in [2.75, 3.05) is 0 Å². The van der Waals surface area contributed by atoms with Crippen LogP contribution in [0.2, 0.25) is 0 Å². The summed E-state index contributed by atoms with van der Waals surface area (Å²) in [5.41, 5.74) is 4.27. The molecule has 0 N–H and O–H groups in total. The molecule has 0 aliphatic rings. The fourth-order valence-corrected chi connectivity index (χ4v) is 2.95. The van der Waals surface area contributed by atoms with Crippen LogP contribution < -0.4 is 0 Å². The van der Waals surface area contributed by atoms with Gasteiger partial charge >= 0.3 is 0 Å². The second-order valence-corrected chi connectivity index (χ2v) is 5.90. The first-order chi connectivity index (χ1) is 10.2. The Morgan fingerprint density at radius 2 is 2.14 bits per heavy atom. The quantitative estimate of drug-likeness (QED) is 0.621. The van der Waals surface area contributed by atoms with Gasteiger partial charge in [0.2, 0.25) is 0 Å². The van der Waals surface area contributed by atoms with Crippen molar-refractivity contribution in [3.8, 4) is 11.8 Å². The number of hydrogen-bond acceptors (Lipinski definition) is 2. The predicted molar refractivity (Wildman–Crippen MR) is 87.8 cm³/mol. The lowest BCUT2D eigenvalue weighted by atomic mass is 10.1. The van der Waals surface area contributed by atoms with Crippen molar-refractivity contribution in [2.45, 2.75) is 12.8 Å². The molecule has 2 aromatic carbocycles. The summed E-state index contributed by atoms with van der Waals surface area (Å²) in [6.07, 6.45) is 0. The molecule has 0 radical (unpaired) electrons. The summed E-state index contributed by atoms with van der Waals surface area (Å²) in [6, 6.07) is 13.8. The molecule has 0 fully saturated rings. The number of rotatable bonds is 2. The van der Waals surface area contributed by atoms with Gasteiger partial charge in [0.15, 0.2) is 0 Å². The molecule has 0 aliphatic heterocycles. The minimum Gasteiger partial charge on any atom is -0.295 e. The van der Waals surface area contributed by atoms with E-state index in [2.05, 4.69) is 27.0 Å². The van der Waals surface area contributed by atoms with Crippen molar-refractivity contribution in [3.63, 3.8) is 0 Å². The number of benzene rings is 2. The monoisotopic (exact) mass is 359 g/mol. The molecule has 104 valence electrons. The van der Waals surface area contributed by atoms with Crippen LogP contribution in [0.3, 0.4) is 0 Å². The number of imidazole rings is 1. The first-order valence-corrected chi connectivity index (χ1v) is 7.71. The summed E-state index contributed by atoms with van der Waals surface area (Å²) in [7, 11) is 0. The maximum Gasteiger partial charge on any atom is 0.129 e. The molecule has 5 heteroatoms. The molecule has 3 rings (SSSR count). The summed E-state index contributed by atoms with van der Waals surface area (Å²) < 4.78 is 3.01. The highest BCUT2D eigenvalue weighted by molar-refractivity contribution is 9.10. The van der Waals surface area contributed by atoms with Crippen LogP contribution in [0.15, 0.2) is 40.9 Å². The number of halogens is 2. The zero-order valence-electron chi connectivity index (χ0n) is 11.3. The van der Waals surface area contributed by atoms with Crippen molar-refractivity contribution in [1.82, 2.24) is 9.55 Å². The van der Waals surface area contributed by atoms with E-state index >= 15 is 0 Å². The smallest absolute Gasteiger partial charge is 0.129 e. The van der Waals surface area contributed by atoms with Gasteiger partial charge in [-0.25, -0.2) is 4.98 Å². The first-order valence-electron chi connectivity index (χ1n) is 6.38. The Morgan fingerprint density at radius 3 is 2.86 bits per heavy atom. The molecular weight excluding hydrogens is 350 g/mol. The maximum absolute atomic E-state index is 9.24. The summed E-state index contributed by atoms with van der Waals surface area (Å²) in [5, 5.41) is 9.24. The molecule has 0 aliphatic carbocycles. The third-order valence-electron chi connectivity index (χ3n) is 3.41. The van der Waals surface area contributed by atoms with Gasteiger partial charge < -0.3 is 0 Å². The molecule has 0 atom stereocenters. The van der Waals surface area contributed by atoms with Crippen molar-refractivity contribution in [1.29, 1.82) is 5.26 Å². The van der Waals surface area contributed by atoms with Crippen LogP contribution in [0.5, 0.6) is 0 Å². The van der Waals surface area contributed by atoms with Gasteiger partial charge in [0.1, 0.15) is 17.4 Å². The van der Waals surface area contributed by atoms with Crippen LogP contribution in [-0.4, -0.2) is 9.55 Å². The number of para-hydroxylation sites is 1. The van der Waals surface area contributed by atoms with Crippen LogP contribution in [0, 0.1) is 18.3 Å². The highest BCUT2D eigenvalue weighted by Gasteiger charge is 2.15. The Labute approximate surface area is 135 Å². The Hall–Kier alpha value is -1.83. The average molecular weight is 361 g/mol. The van der Waals surface area contributed by atoms with E-state index in [9.17, 15) is 5.26 Å². The lowest BCUT2D eigenvalue weighted by Gasteiger charge is -2.11. The summed E-state index contributed by atoms with van der Waals surface area (Å²) >= 11 is 9.56. The van der Waals surface area contributed by atoms with Crippen molar-refractivity contribution >= 4 is 38.6 Å². The topological polar surface area (TPSA) is 41.6 Å². The van der Waals surface area contributed by atoms with Crippen LogP contribution in [0.1, 0.15) is 17.0 Å². The van der Waals surface area contributed by atoms with Gasteiger partial charge in [-0.1, -0.05) is 28.1 Å². The van der Waals surface area contributed by atoms with Crippen molar-refractivity contribution in [3.05, 3.63) is 57.8 Å². The molecule has 1 heterocycles. The van der Waals surface area contributed by atoms with Crippen LogP contribution in [0.25, 0.3) is 16.7 Å². The highest BCUT2D eigenvalue weighted by atomic mass is 79.9. The molecule has 21 heavy (non-hydrogen) atoms. The number of alkyl halides is 1. The molecule has 3 nitrogen and oxygen atoms in total. The molecule has 0 spiro atoms. The Balaban J connectivity index is 2.42.